The van der Waals surface area contributed by atoms with E-state index in [0.717, 1.165) is 10.9 Å². The molecule has 2 aromatic rings. The fraction of sp³-hybridized carbons (Fsp3) is 0.200. The number of carbonyl (C=O) groups excluding carboxylic acids is 3. The summed E-state index contributed by atoms with van der Waals surface area (Å²) in [5, 5.41) is 5.06. The van der Waals surface area contributed by atoms with Crippen LogP contribution in [0.15, 0.2) is 51.4 Å². The summed E-state index contributed by atoms with van der Waals surface area (Å²) < 4.78 is 6.98. The van der Waals surface area contributed by atoms with Crippen LogP contribution in [0.5, 0.6) is 5.75 Å². The number of nitrogens with one attached hydrogen (secondary N) is 4. The van der Waals surface area contributed by atoms with Crippen LogP contribution < -0.4 is 26.2 Å². The summed E-state index contributed by atoms with van der Waals surface area (Å²) in [6.07, 6.45) is 1.18. The van der Waals surface area contributed by atoms with E-state index in [4.69, 9.17) is 17.0 Å². The Morgan fingerprint density at radius 2 is 1.71 bits per heavy atom. The summed E-state index contributed by atoms with van der Waals surface area (Å²) in [4.78, 5) is 35.7. The predicted molar refractivity (Wildman–Crippen MR) is 129 cm³/mol. The molecule has 2 aromatic carbocycles. The maximum Gasteiger partial charge on any atom is 0.269 e. The second-order valence-electron chi connectivity index (χ2n) is 6.20. The molecule has 4 N–H and O–H groups in total. The second kappa shape index (κ2) is 12.4. The van der Waals surface area contributed by atoms with Crippen LogP contribution in [0.2, 0.25) is 0 Å². The Balaban J connectivity index is 1.75. The third kappa shape index (κ3) is 8.64. The Hall–Kier alpha value is -2.50. The van der Waals surface area contributed by atoms with Crippen molar-refractivity contribution in [1.29, 1.82) is 0 Å². The molecule has 0 spiro atoms. The zero-order valence-electron chi connectivity index (χ0n) is 16.5. The monoisotopic (exact) mass is 570 g/mol. The van der Waals surface area contributed by atoms with Crippen LogP contribution in [0, 0.1) is 0 Å². The molecule has 164 valence electrons. The summed E-state index contributed by atoms with van der Waals surface area (Å²) in [6.45, 7) is 1.66. The first-order chi connectivity index (χ1) is 14.8. The molecule has 31 heavy (non-hydrogen) atoms. The van der Waals surface area contributed by atoms with Gasteiger partial charge in [0.1, 0.15) is 5.75 Å². The van der Waals surface area contributed by atoms with Crippen molar-refractivity contribution in [2.75, 3.05) is 11.9 Å². The van der Waals surface area contributed by atoms with Gasteiger partial charge < -0.3 is 10.1 Å². The maximum absolute atomic E-state index is 12.2. The van der Waals surface area contributed by atoms with E-state index in [-0.39, 0.29) is 17.6 Å². The van der Waals surface area contributed by atoms with Crippen molar-refractivity contribution in [3.63, 3.8) is 0 Å². The zero-order chi connectivity index (χ0) is 22.8. The van der Waals surface area contributed by atoms with Crippen LogP contribution in [0.1, 0.15) is 30.1 Å². The minimum absolute atomic E-state index is 0.0831. The van der Waals surface area contributed by atoms with Crippen molar-refractivity contribution < 1.29 is 19.1 Å². The minimum Gasteiger partial charge on any atom is -0.483 e. The van der Waals surface area contributed by atoms with E-state index in [1.807, 2.05) is 6.92 Å². The number of hydrogen-bond donors (Lipinski definition) is 4. The number of hydrazine groups is 1. The third-order valence-corrected chi connectivity index (χ3v) is 5.02. The molecular formula is C20H20Br2N4O4S. The highest BCUT2D eigenvalue weighted by atomic mass is 79.9. The van der Waals surface area contributed by atoms with E-state index in [1.54, 1.807) is 42.5 Å². The Labute approximate surface area is 201 Å². The lowest BCUT2D eigenvalue weighted by atomic mass is 10.2. The largest absolute Gasteiger partial charge is 0.483 e. The number of hydrogen-bond acceptors (Lipinski definition) is 5. The zero-order valence-corrected chi connectivity index (χ0v) is 20.4. The number of benzene rings is 2. The Morgan fingerprint density at radius 3 is 2.35 bits per heavy atom. The lowest BCUT2D eigenvalue weighted by Crippen LogP contribution is -2.49. The van der Waals surface area contributed by atoms with Crippen molar-refractivity contribution in [1.82, 2.24) is 16.2 Å². The van der Waals surface area contributed by atoms with Gasteiger partial charge >= 0.3 is 0 Å². The normalized spacial score (nSPS) is 10.0. The minimum atomic E-state index is -0.492. The Bertz CT molecular complexity index is 970. The molecule has 0 heterocycles. The van der Waals surface area contributed by atoms with E-state index in [0.29, 0.717) is 27.9 Å². The van der Waals surface area contributed by atoms with Crippen LogP contribution in [0.3, 0.4) is 0 Å². The fourth-order valence-corrected chi connectivity index (χ4v) is 3.60. The van der Waals surface area contributed by atoms with Crippen molar-refractivity contribution in [2.45, 2.75) is 19.8 Å². The lowest BCUT2D eigenvalue weighted by molar-refractivity contribution is -0.121. The molecule has 0 aliphatic heterocycles. The molecule has 0 radical (unpaired) electrons. The number of amides is 3. The van der Waals surface area contributed by atoms with E-state index < -0.39 is 11.8 Å². The predicted octanol–water partition coefficient (Wildman–Crippen LogP) is 3.66. The van der Waals surface area contributed by atoms with E-state index in [2.05, 4.69) is 53.3 Å². The van der Waals surface area contributed by atoms with Gasteiger partial charge in [0.05, 0.1) is 4.47 Å². The summed E-state index contributed by atoms with van der Waals surface area (Å²) in [5.41, 5.74) is 5.79. The van der Waals surface area contributed by atoms with Crippen molar-refractivity contribution in [2.24, 2.45) is 0 Å². The van der Waals surface area contributed by atoms with Crippen LogP contribution >= 0.6 is 44.1 Å². The van der Waals surface area contributed by atoms with Gasteiger partial charge in [-0.25, -0.2) is 0 Å². The molecule has 0 aromatic heterocycles. The molecule has 0 aliphatic rings. The molecule has 8 nitrogen and oxygen atoms in total. The van der Waals surface area contributed by atoms with E-state index in [9.17, 15) is 14.4 Å². The summed E-state index contributed by atoms with van der Waals surface area (Å²) in [7, 11) is 0. The highest BCUT2D eigenvalue weighted by Crippen LogP contribution is 2.28. The van der Waals surface area contributed by atoms with Crippen LogP contribution in [0.4, 0.5) is 5.69 Å². The lowest BCUT2D eigenvalue weighted by Gasteiger charge is -2.12. The maximum atomic E-state index is 12.2. The highest BCUT2D eigenvalue weighted by Gasteiger charge is 2.10. The van der Waals surface area contributed by atoms with Gasteiger partial charge in [0.2, 0.25) is 5.91 Å². The molecule has 0 saturated heterocycles. The molecule has 0 fully saturated rings. The number of halogens is 2. The van der Waals surface area contributed by atoms with Gasteiger partial charge in [0, 0.05) is 22.1 Å². The highest BCUT2D eigenvalue weighted by molar-refractivity contribution is 9.11. The van der Waals surface area contributed by atoms with Gasteiger partial charge in [0.15, 0.2) is 11.7 Å². The van der Waals surface area contributed by atoms with Gasteiger partial charge in [-0.2, -0.15) is 0 Å². The number of ether oxygens (including phenoxy) is 1. The first-order valence-corrected chi connectivity index (χ1v) is 11.2. The van der Waals surface area contributed by atoms with Gasteiger partial charge in [-0.05, 0) is 77.0 Å². The molecule has 0 aliphatic carbocycles. The third-order valence-electron chi connectivity index (χ3n) is 3.70. The summed E-state index contributed by atoms with van der Waals surface area (Å²) >= 11 is 11.7. The van der Waals surface area contributed by atoms with Gasteiger partial charge in [-0.1, -0.05) is 22.9 Å². The fourth-order valence-electron chi connectivity index (χ4n) is 2.27. The van der Waals surface area contributed by atoms with E-state index >= 15 is 0 Å². The number of rotatable bonds is 7. The van der Waals surface area contributed by atoms with Crippen LogP contribution in [-0.2, 0) is 9.59 Å². The Morgan fingerprint density at radius 1 is 1.00 bits per heavy atom. The van der Waals surface area contributed by atoms with Crippen LogP contribution in [-0.4, -0.2) is 29.4 Å². The van der Waals surface area contributed by atoms with Crippen molar-refractivity contribution in [3.05, 3.63) is 57.0 Å². The topological polar surface area (TPSA) is 109 Å². The first-order valence-electron chi connectivity index (χ1n) is 9.16. The molecule has 3 amide bonds. The summed E-state index contributed by atoms with van der Waals surface area (Å²) in [5.74, 6) is -0.536. The number of anilines is 1. The SMILES string of the molecule is CCCC(=O)Nc1ccc(C(=O)NNC(=S)NC(=O)COc2ccc(Br)cc2Br)cc1. The van der Waals surface area contributed by atoms with Gasteiger partial charge in [-0.3, -0.25) is 30.6 Å². The van der Waals surface area contributed by atoms with Gasteiger partial charge in [0.25, 0.3) is 11.8 Å². The van der Waals surface area contributed by atoms with Crippen LogP contribution in [0.25, 0.3) is 0 Å². The molecular weight excluding hydrogens is 552 g/mol. The molecule has 0 atom stereocenters. The smallest absolute Gasteiger partial charge is 0.269 e. The van der Waals surface area contributed by atoms with Crippen molar-refractivity contribution in [3.8, 4) is 5.75 Å². The second-order valence-corrected chi connectivity index (χ2v) is 8.37. The van der Waals surface area contributed by atoms with E-state index in [1.165, 1.54) is 0 Å². The molecule has 2 rings (SSSR count). The number of thiocarbonyl (C=S) groups is 1. The standard InChI is InChI=1S/C20H20Br2N4O4S/c1-2-3-17(27)23-14-7-4-12(5-8-14)19(29)25-26-20(31)24-18(28)11-30-16-9-6-13(21)10-15(16)22/h4-10H,2-3,11H2,1H3,(H,23,27)(H,25,29)(H2,24,26,28,31). The average Bonchev–Trinajstić information content (AvgIpc) is 2.72. The average molecular weight is 572 g/mol. The first kappa shape index (κ1) is 24.8. The molecule has 0 bridgehead atoms. The summed E-state index contributed by atoms with van der Waals surface area (Å²) in [6, 6.07) is 11.7. The van der Waals surface area contributed by atoms with Gasteiger partial charge in [-0.15, -0.1) is 0 Å². The molecule has 0 unspecified atom stereocenters. The van der Waals surface area contributed by atoms with Crippen molar-refractivity contribution >= 4 is 72.6 Å². The quantitative estimate of drug-likeness (QED) is 0.298. The molecule has 11 heteroatoms. The Kier molecular flexibility index (Phi) is 9.89. The molecule has 0 saturated carbocycles. The number of carbonyl (C=O) groups is 3.